The lowest BCUT2D eigenvalue weighted by atomic mass is 11.3. The molecule has 0 aliphatic heterocycles. The number of rotatable bonds is 2. The van der Waals surface area contributed by atoms with Crippen LogP contribution in [-0.4, -0.2) is 14.2 Å². The fourth-order valence-corrected chi connectivity index (χ4v) is 0.0680. The molecule has 0 rings (SSSR count). The molecule has 0 amide bonds. The minimum atomic E-state index is 1.36. The van der Waals surface area contributed by atoms with E-state index < -0.39 is 0 Å². The Morgan fingerprint density at radius 2 is 1.29 bits per heavy atom. The molecule has 0 aromatic heterocycles. The Bertz CT molecular complexity index is 20.9. The van der Waals surface area contributed by atoms with Gasteiger partial charge in [-0.15, -0.1) is 13.2 Å². The standard InChI is InChI=1S/C2H6O3.C2H4/c1-3-5-4-2;1-2/h1-2H3;1-2H2. The van der Waals surface area contributed by atoms with Crippen molar-refractivity contribution >= 4 is 0 Å². The third-order valence-electron chi connectivity index (χ3n) is 0.136. The Kier molecular flexibility index (Phi) is 24.5. The molecule has 0 spiro atoms. The van der Waals surface area contributed by atoms with E-state index >= 15 is 0 Å². The van der Waals surface area contributed by atoms with E-state index in [0.717, 1.165) is 0 Å². The zero-order valence-corrected chi connectivity index (χ0v) is 4.64. The predicted molar refractivity (Wildman–Crippen MR) is 26.4 cm³/mol. The maximum Gasteiger partial charge on any atom is 0.0744 e. The van der Waals surface area contributed by atoms with Gasteiger partial charge in [0.25, 0.3) is 0 Å². The average molecular weight is 106 g/mol. The van der Waals surface area contributed by atoms with Crippen molar-refractivity contribution in [2.24, 2.45) is 0 Å². The Hall–Kier alpha value is -0.380. The van der Waals surface area contributed by atoms with E-state index in [0.29, 0.717) is 0 Å². The van der Waals surface area contributed by atoms with E-state index in [4.69, 9.17) is 0 Å². The van der Waals surface area contributed by atoms with Crippen LogP contribution in [0.15, 0.2) is 13.2 Å². The van der Waals surface area contributed by atoms with Gasteiger partial charge in [-0.1, -0.05) is 5.04 Å². The van der Waals surface area contributed by atoms with E-state index in [2.05, 4.69) is 28.0 Å². The van der Waals surface area contributed by atoms with Crippen molar-refractivity contribution in [3.05, 3.63) is 13.2 Å². The Morgan fingerprint density at radius 3 is 1.29 bits per heavy atom. The van der Waals surface area contributed by atoms with Crippen LogP contribution in [0, 0.1) is 0 Å². The summed E-state index contributed by atoms with van der Waals surface area (Å²) < 4.78 is 0. The normalized spacial score (nSPS) is 6.57. The molecule has 0 saturated heterocycles. The molecule has 0 aromatic carbocycles. The molecule has 0 saturated carbocycles. The van der Waals surface area contributed by atoms with E-state index in [1.54, 1.807) is 0 Å². The first-order valence-corrected chi connectivity index (χ1v) is 1.65. The van der Waals surface area contributed by atoms with Crippen LogP contribution in [0.5, 0.6) is 0 Å². The van der Waals surface area contributed by atoms with Crippen molar-refractivity contribution in [2.45, 2.75) is 0 Å². The van der Waals surface area contributed by atoms with Crippen molar-refractivity contribution in [2.75, 3.05) is 14.2 Å². The molecule has 0 heterocycles. The second kappa shape index (κ2) is 17.5. The first-order valence-electron chi connectivity index (χ1n) is 1.65. The summed E-state index contributed by atoms with van der Waals surface area (Å²) >= 11 is 0. The summed E-state index contributed by atoms with van der Waals surface area (Å²) in [6.45, 7) is 6.00. The van der Waals surface area contributed by atoms with Crippen LogP contribution in [0.1, 0.15) is 0 Å². The van der Waals surface area contributed by atoms with Gasteiger partial charge in [0, 0.05) is 0 Å². The quantitative estimate of drug-likeness (QED) is 0.298. The van der Waals surface area contributed by atoms with Crippen LogP contribution in [0.25, 0.3) is 0 Å². The fourth-order valence-electron chi connectivity index (χ4n) is 0.0680. The van der Waals surface area contributed by atoms with Gasteiger partial charge in [-0.3, -0.25) is 0 Å². The van der Waals surface area contributed by atoms with Gasteiger partial charge >= 0.3 is 0 Å². The highest BCUT2D eigenvalue weighted by atomic mass is 17.5. The third-order valence-corrected chi connectivity index (χ3v) is 0.136. The van der Waals surface area contributed by atoms with Gasteiger partial charge < -0.3 is 0 Å². The summed E-state index contributed by atoms with van der Waals surface area (Å²) in [5.41, 5.74) is 0. The summed E-state index contributed by atoms with van der Waals surface area (Å²) in [6.07, 6.45) is 0. The SMILES string of the molecule is C=C.COOOC. The molecular weight excluding hydrogens is 96.0 g/mol. The highest BCUT2D eigenvalue weighted by Gasteiger charge is 1.62. The third kappa shape index (κ3) is 28.1. The largest absolute Gasteiger partial charge is 0.210 e. The second-order valence-corrected chi connectivity index (χ2v) is 0.401. The monoisotopic (exact) mass is 106 g/mol. The van der Waals surface area contributed by atoms with E-state index in [-0.39, 0.29) is 0 Å². The van der Waals surface area contributed by atoms with Gasteiger partial charge in [-0.05, 0) is 0 Å². The van der Waals surface area contributed by atoms with Crippen LogP contribution >= 0.6 is 0 Å². The Morgan fingerprint density at radius 1 is 1.00 bits per heavy atom. The summed E-state index contributed by atoms with van der Waals surface area (Å²) in [6, 6.07) is 0. The molecular formula is C4H10O3. The first-order chi connectivity index (χ1) is 3.41. The van der Waals surface area contributed by atoms with Crippen molar-refractivity contribution in [1.82, 2.24) is 0 Å². The van der Waals surface area contributed by atoms with Gasteiger partial charge in [0.1, 0.15) is 0 Å². The number of hydrogen-bond donors (Lipinski definition) is 0. The molecule has 7 heavy (non-hydrogen) atoms. The molecule has 3 heteroatoms. The molecule has 0 atom stereocenters. The van der Waals surface area contributed by atoms with Crippen molar-refractivity contribution < 1.29 is 14.8 Å². The minimum absolute atomic E-state index is 1.36. The molecule has 0 fully saturated rings. The Balaban J connectivity index is 0. The number of hydrogen-bond acceptors (Lipinski definition) is 3. The summed E-state index contributed by atoms with van der Waals surface area (Å²) in [5, 5.41) is 3.83. The molecule has 0 aliphatic rings. The van der Waals surface area contributed by atoms with Crippen LogP contribution < -0.4 is 0 Å². The molecule has 0 bridgehead atoms. The van der Waals surface area contributed by atoms with E-state index in [1.165, 1.54) is 14.2 Å². The van der Waals surface area contributed by atoms with Gasteiger partial charge in [-0.2, -0.15) is 0 Å². The topological polar surface area (TPSA) is 27.7 Å². The minimum Gasteiger partial charge on any atom is -0.210 e. The van der Waals surface area contributed by atoms with Crippen LogP contribution in [0.4, 0.5) is 0 Å². The summed E-state index contributed by atoms with van der Waals surface area (Å²) in [4.78, 5) is 7.94. The Labute approximate surface area is 43.3 Å². The average Bonchev–Trinajstić information content (AvgIpc) is 1.75. The molecule has 3 nitrogen and oxygen atoms in total. The van der Waals surface area contributed by atoms with Crippen molar-refractivity contribution in [3.63, 3.8) is 0 Å². The van der Waals surface area contributed by atoms with Gasteiger partial charge in [-0.25, -0.2) is 9.78 Å². The zero-order chi connectivity index (χ0) is 6.12. The van der Waals surface area contributed by atoms with Gasteiger partial charge in [0.05, 0.1) is 14.2 Å². The molecule has 0 N–H and O–H groups in total. The first kappa shape index (κ1) is 9.80. The van der Waals surface area contributed by atoms with E-state index in [9.17, 15) is 0 Å². The highest BCUT2D eigenvalue weighted by molar-refractivity contribution is 4.22. The van der Waals surface area contributed by atoms with Crippen LogP contribution in [-0.2, 0) is 14.8 Å². The predicted octanol–water partition coefficient (Wildman–Crippen LogP) is 0.928. The van der Waals surface area contributed by atoms with Gasteiger partial charge in [0.2, 0.25) is 0 Å². The fraction of sp³-hybridized carbons (Fsp3) is 0.500. The molecule has 0 aliphatic carbocycles. The molecule has 0 aromatic rings. The summed E-state index contributed by atoms with van der Waals surface area (Å²) in [7, 11) is 2.73. The lowest BCUT2D eigenvalue weighted by Crippen LogP contribution is -1.82. The lowest BCUT2D eigenvalue weighted by molar-refractivity contribution is -0.491. The van der Waals surface area contributed by atoms with Crippen molar-refractivity contribution in [3.8, 4) is 0 Å². The summed E-state index contributed by atoms with van der Waals surface area (Å²) in [5.74, 6) is 0. The molecule has 0 radical (unpaired) electrons. The second-order valence-electron chi connectivity index (χ2n) is 0.401. The van der Waals surface area contributed by atoms with Crippen molar-refractivity contribution in [1.29, 1.82) is 0 Å². The van der Waals surface area contributed by atoms with E-state index in [1.807, 2.05) is 0 Å². The lowest BCUT2D eigenvalue weighted by Gasteiger charge is -1.85. The molecule has 0 unspecified atom stereocenters. The maximum atomic E-state index is 3.97. The molecule has 44 valence electrons. The maximum absolute atomic E-state index is 3.97. The van der Waals surface area contributed by atoms with Gasteiger partial charge in [0.15, 0.2) is 0 Å². The van der Waals surface area contributed by atoms with Crippen LogP contribution in [0.2, 0.25) is 0 Å². The smallest absolute Gasteiger partial charge is 0.0744 e. The highest BCUT2D eigenvalue weighted by Crippen LogP contribution is 1.64. The van der Waals surface area contributed by atoms with Crippen LogP contribution in [0.3, 0.4) is 0 Å². The zero-order valence-electron chi connectivity index (χ0n) is 4.64.